The molecule has 0 unspecified atom stereocenters. The van der Waals surface area contributed by atoms with E-state index in [0.29, 0.717) is 0 Å². The van der Waals surface area contributed by atoms with E-state index in [2.05, 4.69) is 24.9 Å². The van der Waals surface area contributed by atoms with Crippen LogP contribution in [0, 0.1) is 0 Å². The first-order valence-corrected chi connectivity index (χ1v) is 4.15. The van der Waals surface area contributed by atoms with Crippen LogP contribution in [-0.2, 0) is 9.47 Å². The molecular formula is C8H11N3O4. The van der Waals surface area contributed by atoms with E-state index < -0.39 is 11.6 Å². The minimum atomic E-state index is -0.397. The van der Waals surface area contributed by atoms with Crippen molar-refractivity contribution in [1.29, 1.82) is 0 Å². The van der Waals surface area contributed by atoms with Crippen LogP contribution in [0.25, 0.3) is 0 Å². The van der Waals surface area contributed by atoms with E-state index in [1.54, 1.807) is 0 Å². The van der Waals surface area contributed by atoms with Crippen LogP contribution < -0.4 is 0 Å². The van der Waals surface area contributed by atoms with Crippen molar-refractivity contribution in [3.63, 3.8) is 0 Å². The normalized spacial score (nSPS) is 10.3. The Labute approximate surface area is 85.8 Å². The number of hydrogen-bond acceptors (Lipinski definition) is 6. The zero-order valence-corrected chi connectivity index (χ0v) is 8.44. The predicted octanol–water partition coefficient (Wildman–Crippen LogP) is -0.537. The summed E-state index contributed by atoms with van der Waals surface area (Å²) in [5, 5.41) is 9.42. The van der Waals surface area contributed by atoms with Crippen molar-refractivity contribution in [3.8, 4) is 0 Å². The average Bonchev–Trinajstić information content (AvgIpc) is 2.66. The smallest absolute Gasteiger partial charge is 0.211 e. The van der Waals surface area contributed by atoms with Crippen LogP contribution in [0.4, 0.5) is 0 Å². The van der Waals surface area contributed by atoms with Crippen molar-refractivity contribution in [2.24, 2.45) is 0 Å². The molecule has 15 heavy (non-hydrogen) atoms. The molecule has 0 radical (unpaired) electrons. The Morgan fingerprint density at radius 3 is 1.80 bits per heavy atom. The third-order valence-electron chi connectivity index (χ3n) is 1.63. The van der Waals surface area contributed by atoms with Gasteiger partial charge in [0, 0.05) is 14.2 Å². The summed E-state index contributed by atoms with van der Waals surface area (Å²) in [6.07, 6.45) is 0. The lowest BCUT2D eigenvalue weighted by molar-refractivity contribution is 0.0809. The number of carbonyl (C=O) groups excluding carboxylic acids is 2. The summed E-state index contributed by atoms with van der Waals surface area (Å²) in [6.45, 7) is -0.278. The molecule has 0 aromatic carbocycles. The lowest BCUT2D eigenvalue weighted by Gasteiger charge is -1.98. The number of nitrogens with zero attached hydrogens (tertiary/aromatic N) is 2. The van der Waals surface area contributed by atoms with Crippen molar-refractivity contribution in [1.82, 2.24) is 15.4 Å². The highest BCUT2D eigenvalue weighted by Crippen LogP contribution is 2.03. The van der Waals surface area contributed by atoms with E-state index in [1.165, 1.54) is 14.2 Å². The van der Waals surface area contributed by atoms with Crippen LogP contribution >= 0.6 is 0 Å². The van der Waals surface area contributed by atoms with E-state index in [1.807, 2.05) is 0 Å². The SMILES string of the molecule is COCC(=O)c1n[nH]nc1C(=O)COC. The number of ketones is 2. The van der Waals surface area contributed by atoms with E-state index in [-0.39, 0.29) is 24.6 Å². The highest BCUT2D eigenvalue weighted by molar-refractivity contribution is 6.07. The Morgan fingerprint density at radius 2 is 1.47 bits per heavy atom. The minimum absolute atomic E-state index is 0.0149. The van der Waals surface area contributed by atoms with Gasteiger partial charge in [0.05, 0.1) is 0 Å². The number of aromatic amines is 1. The number of nitrogens with one attached hydrogen (secondary N) is 1. The third-order valence-corrected chi connectivity index (χ3v) is 1.63. The van der Waals surface area contributed by atoms with E-state index in [4.69, 9.17) is 0 Å². The maximum atomic E-state index is 11.4. The summed E-state index contributed by atoms with van der Waals surface area (Å²) in [5.74, 6) is -0.795. The molecule has 0 aliphatic carbocycles. The van der Waals surface area contributed by atoms with Crippen molar-refractivity contribution in [2.45, 2.75) is 0 Å². The number of Topliss-reactive ketones (excluding diaryl/α,β-unsaturated/α-hetero) is 2. The van der Waals surface area contributed by atoms with Gasteiger partial charge in [-0.25, -0.2) is 0 Å². The number of hydrogen-bond donors (Lipinski definition) is 1. The molecule has 7 heteroatoms. The topological polar surface area (TPSA) is 94.2 Å². The quantitative estimate of drug-likeness (QED) is 0.638. The first-order chi connectivity index (χ1) is 7.20. The summed E-state index contributed by atoms with van der Waals surface area (Å²) < 4.78 is 9.30. The molecule has 7 nitrogen and oxygen atoms in total. The zero-order chi connectivity index (χ0) is 11.3. The van der Waals surface area contributed by atoms with Gasteiger partial charge in [0.1, 0.15) is 13.2 Å². The Kier molecular flexibility index (Phi) is 4.07. The molecule has 0 saturated carbocycles. The number of methoxy groups -OCH3 is 2. The highest BCUT2D eigenvalue weighted by Gasteiger charge is 2.21. The summed E-state index contributed by atoms with van der Waals surface area (Å²) in [6, 6.07) is 0. The van der Waals surface area contributed by atoms with Gasteiger partial charge in [-0.05, 0) is 0 Å². The van der Waals surface area contributed by atoms with E-state index in [0.717, 1.165) is 0 Å². The van der Waals surface area contributed by atoms with Gasteiger partial charge in [0.25, 0.3) is 0 Å². The highest BCUT2D eigenvalue weighted by atomic mass is 16.5. The molecule has 0 bridgehead atoms. The molecule has 0 fully saturated rings. The van der Waals surface area contributed by atoms with Gasteiger partial charge < -0.3 is 9.47 Å². The lowest BCUT2D eigenvalue weighted by atomic mass is 10.2. The molecule has 1 aromatic heterocycles. The summed E-state index contributed by atoms with van der Waals surface area (Å²) in [5.41, 5.74) is -0.0298. The zero-order valence-electron chi connectivity index (χ0n) is 8.44. The Morgan fingerprint density at radius 1 is 1.07 bits per heavy atom. The van der Waals surface area contributed by atoms with Crippen LogP contribution in [0.15, 0.2) is 0 Å². The van der Waals surface area contributed by atoms with Gasteiger partial charge in [-0.3, -0.25) is 9.59 Å². The van der Waals surface area contributed by atoms with Crippen molar-refractivity contribution in [3.05, 3.63) is 11.4 Å². The minimum Gasteiger partial charge on any atom is -0.376 e. The molecule has 1 rings (SSSR count). The van der Waals surface area contributed by atoms with Crippen LogP contribution in [0.1, 0.15) is 21.0 Å². The maximum absolute atomic E-state index is 11.4. The Hall–Kier alpha value is -1.60. The number of H-pyrrole nitrogens is 1. The molecule has 1 aromatic rings. The van der Waals surface area contributed by atoms with E-state index in [9.17, 15) is 9.59 Å². The molecule has 0 saturated heterocycles. The average molecular weight is 213 g/mol. The van der Waals surface area contributed by atoms with E-state index >= 15 is 0 Å². The second-order valence-corrected chi connectivity index (χ2v) is 2.73. The maximum Gasteiger partial charge on any atom is 0.211 e. The van der Waals surface area contributed by atoms with Gasteiger partial charge in [-0.2, -0.15) is 15.4 Å². The van der Waals surface area contributed by atoms with Gasteiger partial charge >= 0.3 is 0 Å². The van der Waals surface area contributed by atoms with Crippen LogP contribution in [-0.4, -0.2) is 54.4 Å². The first-order valence-electron chi connectivity index (χ1n) is 4.15. The van der Waals surface area contributed by atoms with Crippen molar-refractivity contribution >= 4 is 11.6 Å². The predicted molar refractivity (Wildman–Crippen MR) is 48.8 cm³/mol. The fourth-order valence-corrected chi connectivity index (χ4v) is 1.02. The summed E-state index contributed by atoms with van der Waals surface area (Å²) >= 11 is 0. The Bertz CT molecular complexity index is 328. The van der Waals surface area contributed by atoms with Gasteiger partial charge in [-0.1, -0.05) is 0 Å². The number of aromatic nitrogens is 3. The van der Waals surface area contributed by atoms with Crippen molar-refractivity contribution < 1.29 is 19.1 Å². The summed E-state index contributed by atoms with van der Waals surface area (Å²) in [4.78, 5) is 22.8. The number of ether oxygens (including phenoxy) is 2. The monoisotopic (exact) mass is 213 g/mol. The second kappa shape index (κ2) is 5.32. The lowest BCUT2D eigenvalue weighted by Crippen LogP contribution is -2.16. The number of carbonyl (C=O) groups is 2. The largest absolute Gasteiger partial charge is 0.376 e. The van der Waals surface area contributed by atoms with Crippen LogP contribution in [0.2, 0.25) is 0 Å². The molecule has 0 aliphatic rings. The van der Waals surface area contributed by atoms with Gasteiger partial charge in [0.15, 0.2) is 11.4 Å². The molecule has 0 atom stereocenters. The molecule has 0 amide bonds. The molecule has 1 heterocycles. The van der Waals surface area contributed by atoms with Crippen molar-refractivity contribution in [2.75, 3.05) is 27.4 Å². The first kappa shape index (κ1) is 11.5. The standard InChI is InChI=1S/C8H11N3O4/c1-14-3-5(12)7-8(10-11-9-7)6(13)4-15-2/h3-4H2,1-2H3,(H,9,10,11). The fourth-order valence-electron chi connectivity index (χ4n) is 1.02. The molecular weight excluding hydrogens is 202 g/mol. The number of rotatable bonds is 6. The fraction of sp³-hybridized carbons (Fsp3) is 0.500. The molecule has 1 N–H and O–H groups in total. The Balaban J connectivity index is 2.86. The molecule has 0 aliphatic heterocycles. The molecule has 0 spiro atoms. The third kappa shape index (κ3) is 2.67. The second-order valence-electron chi connectivity index (χ2n) is 2.73. The van der Waals surface area contributed by atoms with Crippen LogP contribution in [0.5, 0.6) is 0 Å². The van der Waals surface area contributed by atoms with Gasteiger partial charge in [0.2, 0.25) is 11.6 Å². The van der Waals surface area contributed by atoms with Crippen LogP contribution in [0.3, 0.4) is 0 Å². The summed E-state index contributed by atoms with van der Waals surface area (Å²) in [7, 11) is 2.77. The van der Waals surface area contributed by atoms with Gasteiger partial charge in [-0.15, -0.1) is 0 Å². The molecule has 82 valence electrons.